The van der Waals surface area contributed by atoms with Crippen molar-refractivity contribution in [1.82, 2.24) is 19.8 Å². The number of esters is 2. The van der Waals surface area contributed by atoms with E-state index in [1.54, 1.807) is 45.9 Å². The molecule has 4 rings (SSSR count). The minimum Gasteiger partial charge on any atom is -0.478 e. The van der Waals surface area contributed by atoms with E-state index in [1.807, 2.05) is 30.3 Å². The molecule has 13 heteroatoms. The average molecular weight is 621 g/mol. The molecule has 2 aromatic carbocycles. The number of benzene rings is 2. The van der Waals surface area contributed by atoms with Gasteiger partial charge < -0.3 is 28.6 Å². The SMILES string of the molecule is COC(=O)c1nc(C2(C)CN(C(=O)OC(C)(C)C)CCN2C(=O)OCc2ccccc2)nc(OC)c1OC(=O)c1ccccc1. The van der Waals surface area contributed by atoms with E-state index < -0.39 is 41.0 Å². The highest BCUT2D eigenvalue weighted by Crippen LogP contribution is 2.37. The largest absolute Gasteiger partial charge is 0.478 e. The van der Waals surface area contributed by atoms with Crippen molar-refractivity contribution in [3.8, 4) is 11.6 Å². The highest BCUT2D eigenvalue weighted by Gasteiger charge is 2.48. The van der Waals surface area contributed by atoms with E-state index >= 15 is 0 Å². The van der Waals surface area contributed by atoms with Crippen LogP contribution in [-0.2, 0) is 26.4 Å². The molecule has 0 radical (unpaired) electrons. The van der Waals surface area contributed by atoms with Gasteiger partial charge in [-0.05, 0) is 45.4 Å². The summed E-state index contributed by atoms with van der Waals surface area (Å²) in [6.07, 6.45) is -1.31. The van der Waals surface area contributed by atoms with Gasteiger partial charge >= 0.3 is 24.1 Å². The monoisotopic (exact) mass is 620 g/mol. The van der Waals surface area contributed by atoms with Gasteiger partial charge in [0.2, 0.25) is 5.75 Å². The van der Waals surface area contributed by atoms with Crippen LogP contribution in [0.5, 0.6) is 11.6 Å². The summed E-state index contributed by atoms with van der Waals surface area (Å²) >= 11 is 0. The topological polar surface area (TPSA) is 147 Å². The molecule has 1 aromatic heterocycles. The van der Waals surface area contributed by atoms with Crippen LogP contribution in [0.3, 0.4) is 0 Å². The number of carbonyl (C=O) groups excluding carboxylic acids is 4. The van der Waals surface area contributed by atoms with Gasteiger partial charge in [0.1, 0.15) is 17.7 Å². The predicted octanol–water partition coefficient (Wildman–Crippen LogP) is 4.60. The molecule has 1 aliphatic rings. The zero-order valence-corrected chi connectivity index (χ0v) is 26.1. The molecule has 238 valence electrons. The van der Waals surface area contributed by atoms with Crippen molar-refractivity contribution < 1.29 is 42.9 Å². The van der Waals surface area contributed by atoms with Crippen molar-refractivity contribution in [2.75, 3.05) is 33.9 Å². The first-order valence-corrected chi connectivity index (χ1v) is 14.1. The van der Waals surface area contributed by atoms with Crippen molar-refractivity contribution >= 4 is 24.1 Å². The van der Waals surface area contributed by atoms with Crippen LogP contribution in [0, 0.1) is 0 Å². The summed E-state index contributed by atoms with van der Waals surface area (Å²) in [4.78, 5) is 64.4. The number of rotatable bonds is 7. The van der Waals surface area contributed by atoms with Gasteiger partial charge in [-0.1, -0.05) is 48.5 Å². The zero-order valence-electron chi connectivity index (χ0n) is 26.1. The minimum atomic E-state index is -1.47. The summed E-state index contributed by atoms with van der Waals surface area (Å²) in [5.74, 6) is -2.47. The Morgan fingerprint density at radius 1 is 0.867 bits per heavy atom. The molecule has 1 saturated heterocycles. The van der Waals surface area contributed by atoms with E-state index in [-0.39, 0.29) is 49.3 Å². The van der Waals surface area contributed by atoms with Gasteiger partial charge in [-0.15, -0.1) is 0 Å². The molecule has 0 N–H and O–H groups in total. The summed E-state index contributed by atoms with van der Waals surface area (Å²) in [6.45, 7) is 6.86. The van der Waals surface area contributed by atoms with Gasteiger partial charge in [-0.3, -0.25) is 4.90 Å². The van der Waals surface area contributed by atoms with Crippen molar-refractivity contribution in [2.45, 2.75) is 45.4 Å². The Bertz CT molecular complexity index is 1540. The third kappa shape index (κ3) is 7.66. The molecule has 0 spiro atoms. The fourth-order valence-corrected chi connectivity index (χ4v) is 4.63. The second-order valence-electron chi connectivity index (χ2n) is 11.3. The quantitative estimate of drug-likeness (QED) is 0.270. The van der Waals surface area contributed by atoms with Gasteiger partial charge in [0.25, 0.3) is 5.88 Å². The smallest absolute Gasteiger partial charge is 0.411 e. The summed E-state index contributed by atoms with van der Waals surface area (Å²) in [5.41, 5.74) is -1.69. The molecule has 0 saturated carbocycles. The summed E-state index contributed by atoms with van der Waals surface area (Å²) < 4.78 is 27.2. The second kappa shape index (κ2) is 13.6. The number of nitrogens with zero attached hydrogens (tertiary/aromatic N) is 4. The van der Waals surface area contributed by atoms with Crippen LogP contribution in [-0.4, -0.2) is 83.3 Å². The molecule has 1 unspecified atom stereocenters. The van der Waals surface area contributed by atoms with E-state index in [0.29, 0.717) is 0 Å². The Hall–Kier alpha value is -5.20. The highest BCUT2D eigenvalue weighted by molar-refractivity contribution is 5.95. The van der Waals surface area contributed by atoms with E-state index in [2.05, 4.69) is 9.97 Å². The van der Waals surface area contributed by atoms with Crippen LogP contribution >= 0.6 is 0 Å². The number of hydrogen-bond donors (Lipinski definition) is 0. The first-order chi connectivity index (χ1) is 21.4. The second-order valence-corrected chi connectivity index (χ2v) is 11.3. The molecular formula is C32H36N4O9. The summed E-state index contributed by atoms with van der Waals surface area (Å²) in [6, 6.07) is 17.3. The molecule has 45 heavy (non-hydrogen) atoms. The zero-order chi connectivity index (χ0) is 32.8. The van der Waals surface area contributed by atoms with Crippen molar-refractivity contribution in [3.63, 3.8) is 0 Å². The molecule has 2 amide bonds. The van der Waals surface area contributed by atoms with E-state index in [0.717, 1.165) is 12.7 Å². The van der Waals surface area contributed by atoms with Crippen LogP contribution in [0.25, 0.3) is 0 Å². The summed E-state index contributed by atoms with van der Waals surface area (Å²) in [5, 5.41) is 0. The van der Waals surface area contributed by atoms with Crippen LogP contribution in [0.4, 0.5) is 9.59 Å². The molecule has 0 bridgehead atoms. The standard InChI is InChI=1S/C32H36N4O9/c1-31(2,3)45-29(39)35-17-18-36(30(40)43-19-21-13-9-7-10-14-21)32(4,20-35)28-33-23(27(38)42-6)24(25(34-28)41-5)44-26(37)22-15-11-8-12-16-22/h7-16H,17-20H2,1-6H3. The molecule has 3 aromatic rings. The van der Waals surface area contributed by atoms with Crippen LogP contribution in [0.2, 0.25) is 0 Å². The lowest BCUT2D eigenvalue weighted by atomic mass is 9.95. The third-order valence-corrected chi connectivity index (χ3v) is 6.86. The lowest BCUT2D eigenvalue weighted by Crippen LogP contribution is -2.62. The van der Waals surface area contributed by atoms with Crippen LogP contribution in [0.1, 0.15) is 59.9 Å². The predicted molar refractivity (Wildman–Crippen MR) is 160 cm³/mol. The molecule has 0 aliphatic carbocycles. The highest BCUT2D eigenvalue weighted by atomic mass is 16.6. The maximum absolute atomic E-state index is 13.6. The van der Waals surface area contributed by atoms with Crippen LogP contribution in [0.15, 0.2) is 60.7 Å². The maximum atomic E-state index is 13.6. The van der Waals surface area contributed by atoms with Crippen molar-refractivity contribution in [2.24, 2.45) is 0 Å². The Morgan fingerprint density at radius 3 is 2.11 bits per heavy atom. The Balaban J connectivity index is 1.77. The average Bonchev–Trinajstić information content (AvgIpc) is 3.03. The normalized spacial score (nSPS) is 16.4. The third-order valence-electron chi connectivity index (χ3n) is 6.86. The van der Waals surface area contributed by atoms with Gasteiger partial charge in [-0.25, -0.2) is 24.2 Å². The first kappa shape index (κ1) is 32.7. The minimum absolute atomic E-state index is 0.00595. The number of hydrogen-bond acceptors (Lipinski definition) is 11. The fourth-order valence-electron chi connectivity index (χ4n) is 4.63. The number of methoxy groups -OCH3 is 2. The molecular weight excluding hydrogens is 584 g/mol. The lowest BCUT2D eigenvalue weighted by Gasteiger charge is -2.47. The van der Waals surface area contributed by atoms with Crippen molar-refractivity contribution in [3.05, 3.63) is 83.3 Å². The first-order valence-electron chi connectivity index (χ1n) is 14.1. The Morgan fingerprint density at radius 2 is 1.51 bits per heavy atom. The van der Waals surface area contributed by atoms with E-state index in [4.69, 9.17) is 23.7 Å². The fraction of sp³-hybridized carbons (Fsp3) is 0.375. The van der Waals surface area contributed by atoms with Gasteiger partial charge in [0.05, 0.1) is 26.3 Å². The number of ether oxygens (including phenoxy) is 5. The lowest BCUT2D eigenvalue weighted by molar-refractivity contribution is -0.0261. The number of carbonyl (C=O) groups is 4. The van der Waals surface area contributed by atoms with Gasteiger partial charge in [0.15, 0.2) is 11.5 Å². The van der Waals surface area contributed by atoms with E-state index in [9.17, 15) is 19.2 Å². The molecule has 2 heterocycles. The molecule has 13 nitrogen and oxygen atoms in total. The Kier molecular flexibility index (Phi) is 9.90. The van der Waals surface area contributed by atoms with Crippen molar-refractivity contribution in [1.29, 1.82) is 0 Å². The number of aromatic nitrogens is 2. The van der Waals surface area contributed by atoms with Gasteiger partial charge in [-0.2, -0.15) is 4.98 Å². The Labute approximate surface area is 261 Å². The molecule has 1 aliphatic heterocycles. The molecule has 1 atom stereocenters. The number of amides is 2. The maximum Gasteiger partial charge on any atom is 0.411 e. The van der Waals surface area contributed by atoms with E-state index in [1.165, 1.54) is 29.0 Å². The van der Waals surface area contributed by atoms with Gasteiger partial charge in [0, 0.05) is 13.1 Å². The number of piperazine rings is 1. The summed E-state index contributed by atoms with van der Waals surface area (Å²) in [7, 11) is 2.41. The van der Waals surface area contributed by atoms with Crippen LogP contribution < -0.4 is 9.47 Å². The molecule has 1 fully saturated rings.